The molecule has 0 aromatic carbocycles. The van der Waals surface area contributed by atoms with Gasteiger partial charge < -0.3 is 5.11 Å². The van der Waals surface area contributed by atoms with Crippen LogP contribution in [0.5, 0.6) is 0 Å². The highest BCUT2D eigenvalue weighted by Gasteiger charge is 2.22. The van der Waals surface area contributed by atoms with Gasteiger partial charge in [-0.3, -0.25) is 4.79 Å². The number of rotatable bonds is 3. The molecule has 1 N–H and O–H groups in total. The Hall–Kier alpha value is -0.790. The molecule has 0 aliphatic heterocycles. The Kier molecular flexibility index (Phi) is 2.90. The van der Waals surface area contributed by atoms with E-state index in [-0.39, 0.29) is 11.5 Å². The summed E-state index contributed by atoms with van der Waals surface area (Å²) in [5.74, 6) is 0.552. The SMILES string of the molecule is CC[C@H](C)CC1=C(O)C(=O)CC1. The van der Waals surface area contributed by atoms with Gasteiger partial charge in [0.25, 0.3) is 0 Å². The lowest BCUT2D eigenvalue weighted by molar-refractivity contribution is -0.117. The zero-order valence-electron chi connectivity index (χ0n) is 7.76. The van der Waals surface area contributed by atoms with Crippen LogP contribution >= 0.6 is 0 Å². The Morgan fingerprint density at radius 2 is 2.17 bits per heavy atom. The van der Waals surface area contributed by atoms with Crippen molar-refractivity contribution in [2.75, 3.05) is 0 Å². The highest BCUT2D eigenvalue weighted by molar-refractivity contribution is 5.96. The monoisotopic (exact) mass is 168 g/mol. The van der Waals surface area contributed by atoms with Gasteiger partial charge >= 0.3 is 0 Å². The highest BCUT2D eigenvalue weighted by atomic mass is 16.3. The molecule has 0 saturated carbocycles. The smallest absolute Gasteiger partial charge is 0.197 e. The molecule has 1 atom stereocenters. The minimum atomic E-state index is -0.0756. The molecular formula is C10H16O2. The van der Waals surface area contributed by atoms with Gasteiger partial charge in [0.15, 0.2) is 11.5 Å². The molecule has 0 amide bonds. The second-order valence-corrected chi connectivity index (χ2v) is 3.59. The van der Waals surface area contributed by atoms with Gasteiger partial charge in [0.1, 0.15) is 0 Å². The molecule has 0 saturated heterocycles. The first-order valence-electron chi connectivity index (χ1n) is 4.59. The van der Waals surface area contributed by atoms with Crippen LogP contribution in [0.3, 0.4) is 0 Å². The number of hydrogen-bond donors (Lipinski definition) is 1. The molecule has 0 radical (unpaired) electrons. The summed E-state index contributed by atoms with van der Waals surface area (Å²) < 4.78 is 0. The maximum atomic E-state index is 10.9. The lowest BCUT2D eigenvalue weighted by atomic mass is 9.98. The van der Waals surface area contributed by atoms with Crippen LogP contribution in [0.4, 0.5) is 0 Å². The van der Waals surface area contributed by atoms with Crippen molar-refractivity contribution in [2.45, 2.75) is 39.5 Å². The molecule has 0 aromatic rings. The number of aliphatic hydroxyl groups is 1. The number of ketones is 1. The van der Waals surface area contributed by atoms with E-state index < -0.39 is 0 Å². The third-order valence-corrected chi connectivity index (χ3v) is 2.54. The quantitative estimate of drug-likeness (QED) is 0.703. The van der Waals surface area contributed by atoms with Gasteiger partial charge in [0.05, 0.1) is 0 Å². The normalized spacial score (nSPS) is 20.3. The van der Waals surface area contributed by atoms with Gasteiger partial charge in [-0.05, 0) is 24.3 Å². The summed E-state index contributed by atoms with van der Waals surface area (Å²) in [7, 11) is 0. The van der Waals surface area contributed by atoms with Crippen LogP contribution in [0.15, 0.2) is 11.3 Å². The van der Waals surface area contributed by atoms with Gasteiger partial charge in [-0.15, -0.1) is 0 Å². The molecule has 12 heavy (non-hydrogen) atoms. The average Bonchev–Trinajstić information content (AvgIpc) is 2.36. The second kappa shape index (κ2) is 3.74. The van der Waals surface area contributed by atoms with Gasteiger partial charge in [-0.25, -0.2) is 0 Å². The molecule has 0 bridgehead atoms. The van der Waals surface area contributed by atoms with Crippen LogP contribution < -0.4 is 0 Å². The summed E-state index contributed by atoms with van der Waals surface area (Å²) in [5, 5.41) is 9.33. The first-order valence-corrected chi connectivity index (χ1v) is 4.59. The van der Waals surface area contributed by atoms with Gasteiger partial charge in [-0.1, -0.05) is 20.3 Å². The van der Waals surface area contributed by atoms with Crippen molar-refractivity contribution in [2.24, 2.45) is 5.92 Å². The molecule has 0 fully saturated rings. The average molecular weight is 168 g/mol. The van der Waals surface area contributed by atoms with Crippen molar-refractivity contribution < 1.29 is 9.90 Å². The summed E-state index contributed by atoms with van der Waals surface area (Å²) >= 11 is 0. The Morgan fingerprint density at radius 1 is 1.50 bits per heavy atom. The maximum absolute atomic E-state index is 10.9. The first-order chi connectivity index (χ1) is 5.65. The third kappa shape index (κ3) is 1.87. The first kappa shape index (κ1) is 9.30. The van der Waals surface area contributed by atoms with E-state index in [9.17, 15) is 9.90 Å². The van der Waals surface area contributed by atoms with Crippen molar-refractivity contribution in [1.82, 2.24) is 0 Å². The number of aliphatic hydroxyl groups excluding tert-OH is 1. The largest absolute Gasteiger partial charge is 0.504 e. The number of Topliss-reactive ketones (excluding diaryl/α,β-unsaturated/α-hetero) is 1. The fraction of sp³-hybridized carbons (Fsp3) is 0.700. The van der Waals surface area contributed by atoms with E-state index in [4.69, 9.17) is 0 Å². The Bertz CT molecular complexity index is 216. The molecule has 2 heteroatoms. The van der Waals surface area contributed by atoms with E-state index in [1.165, 1.54) is 0 Å². The Balaban J connectivity index is 2.58. The minimum Gasteiger partial charge on any atom is -0.504 e. The second-order valence-electron chi connectivity index (χ2n) is 3.59. The summed E-state index contributed by atoms with van der Waals surface area (Å²) in [6, 6.07) is 0. The molecule has 0 heterocycles. The van der Waals surface area contributed by atoms with Gasteiger partial charge in [0.2, 0.25) is 0 Å². The fourth-order valence-corrected chi connectivity index (χ4v) is 1.46. The Labute approximate surface area is 73.3 Å². The summed E-state index contributed by atoms with van der Waals surface area (Å²) in [5.41, 5.74) is 0.967. The molecule has 1 aliphatic carbocycles. The maximum Gasteiger partial charge on any atom is 0.197 e. The Morgan fingerprint density at radius 3 is 2.58 bits per heavy atom. The van der Waals surface area contributed by atoms with Gasteiger partial charge in [0, 0.05) is 6.42 Å². The summed E-state index contributed by atoms with van der Waals surface area (Å²) in [6.07, 6.45) is 3.27. The number of allylic oxidation sites excluding steroid dienone is 2. The number of carbonyl (C=O) groups is 1. The van der Waals surface area contributed by atoms with E-state index >= 15 is 0 Å². The molecule has 0 spiro atoms. The zero-order chi connectivity index (χ0) is 9.14. The highest BCUT2D eigenvalue weighted by Crippen LogP contribution is 2.27. The number of carbonyl (C=O) groups excluding carboxylic acids is 1. The molecule has 1 aliphatic rings. The molecule has 68 valence electrons. The topological polar surface area (TPSA) is 37.3 Å². The molecule has 0 unspecified atom stereocenters. The standard InChI is InChI=1S/C10H16O2/c1-3-7(2)6-8-4-5-9(11)10(8)12/h7,12H,3-6H2,1-2H3/t7-/m0/s1. The summed E-state index contributed by atoms with van der Waals surface area (Å²) in [4.78, 5) is 10.9. The van der Waals surface area contributed by atoms with E-state index in [0.717, 1.165) is 24.8 Å². The molecular weight excluding hydrogens is 152 g/mol. The predicted molar refractivity (Wildman–Crippen MR) is 48.0 cm³/mol. The van der Waals surface area contributed by atoms with Gasteiger partial charge in [-0.2, -0.15) is 0 Å². The van der Waals surface area contributed by atoms with Crippen LogP contribution in [-0.2, 0) is 4.79 Å². The van der Waals surface area contributed by atoms with E-state index in [1.807, 2.05) is 0 Å². The number of hydrogen-bond acceptors (Lipinski definition) is 2. The zero-order valence-corrected chi connectivity index (χ0v) is 7.76. The van der Waals surface area contributed by atoms with Crippen molar-refractivity contribution >= 4 is 5.78 Å². The van der Waals surface area contributed by atoms with Crippen molar-refractivity contribution in [3.63, 3.8) is 0 Å². The lowest BCUT2D eigenvalue weighted by Crippen LogP contribution is -1.97. The summed E-state index contributed by atoms with van der Waals surface area (Å²) in [6.45, 7) is 4.27. The van der Waals surface area contributed by atoms with Crippen LogP contribution in [0.25, 0.3) is 0 Å². The lowest BCUT2D eigenvalue weighted by Gasteiger charge is -2.08. The molecule has 2 nitrogen and oxygen atoms in total. The van der Waals surface area contributed by atoms with Crippen LogP contribution in [-0.4, -0.2) is 10.9 Å². The fourth-order valence-electron chi connectivity index (χ4n) is 1.46. The predicted octanol–water partition coefficient (Wildman–Crippen LogP) is 2.60. The van der Waals surface area contributed by atoms with Crippen molar-refractivity contribution in [3.8, 4) is 0 Å². The van der Waals surface area contributed by atoms with Crippen molar-refractivity contribution in [3.05, 3.63) is 11.3 Å². The molecule has 1 rings (SSSR count). The van der Waals surface area contributed by atoms with E-state index in [0.29, 0.717) is 12.3 Å². The van der Waals surface area contributed by atoms with E-state index in [2.05, 4.69) is 13.8 Å². The van der Waals surface area contributed by atoms with Crippen molar-refractivity contribution in [1.29, 1.82) is 0 Å². The minimum absolute atomic E-state index is 0.0512. The third-order valence-electron chi connectivity index (χ3n) is 2.54. The van der Waals surface area contributed by atoms with Crippen LogP contribution in [0, 0.1) is 5.92 Å². The molecule has 0 aromatic heterocycles. The van der Waals surface area contributed by atoms with E-state index in [1.54, 1.807) is 0 Å². The van der Waals surface area contributed by atoms with Crippen LogP contribution in [0.1, 0.15) is 39.5 Å². The van der Waals surface area contributed by atoms with Crippen LogP contribution in [0.2, 0.25) is 0 Å².